The van der Waals surface area contributed by atoms with E-state index in [4.69, 9.17) is 0 Å². The van der Waals surface area contributed by atoms with Crippen molar-refractivity contribution >= 4 is 5.78 Å². The average Bonchev–Trinajstić information content (AvgIpc) is 2.42. The smallest absolute Gasteiger partial charge is 0.171 e. The average molecular weight is 190 g/mol. The molecule has 0 saturated carbocycles. The van der Waals surface area contributed by atoms with Crippen molar-refractivity contribution in [1.82, 2.24) is 0 Å². The Morgan fingerprint density at radius 2 is 2.21 bits per heavy atom. The third-order valence-corrected chi connectivity index (χ3v) is 2.99. The van der Waals surface area contributed by atoms with Crippen LogP contribution in [0.3, 0.4) is 0 Å². The van der Waals surface area contributed by atoms with Gasteiger partial charge < -0.3 is 5.11 Å². The molecule has 2 heteroatoms. The van der Waals surface area contributed by atoms with Crippen molar-refractivity contribution in [2.24, 2.45) is 5.41 Å². The molecule has 1 aliphatic rings. The first kappa shape index (κ1) is 9.41. The molecule has 1 aliphatic carbocycles. The maximum absolute atomic E-state index is 11.9. The van der Waals surface area contributed by atoms with Gasteiger partial charge in [0.2, 0.25) is 0 Å². The quantitative estimate of drug-likeness (QED) is 0.732. The van der Waals surface area contributed by atoms with Crippen molar-refractivity contribution in [2.45, 2.75) is 20.3 Å². The first-order valence-corrected chi connectivity index (χ1v) is 4.82. The molecule has 0 fully saturated rings. The van der Waals surface area contributed by atoms with E-state index in [0.29, 0.717) is 6.42 Å². The third kappa shape index (κ3) is 1.18. The SMILES string of the molecule is Cc1ccc2c(c1)C(=O)[C@@](C)(CO)C2. The third-order valence-electron chi connectivity index (χ3n) is 2.99. The highest BCUT2D eigenvalue weighted by Gasteiger charge is 2.40. The molecule has 1 aromatic rings. The fourth-order valence-electron chi connectivity index (χ4n) is 2.01. The minimum absolute atomic E-state index is 0.0699. The van der Waals surface area contributed by atoms with Crippen LogP contribution in [0.25, 0.3) is 0 Å². The molecular formula is C12H14O2. The van der Waals surface area contributed by atoms with Crippen LogP contribution >= 0.6 is 0 Å². The fourth-order valence-corrected chi connectivity index (χ4v) is 2.01. The van der Waals surface area contributed by atoms with E-state index in [1.807, 2.05) is 32.0 Å². The molecule has 0 aromatic heterocycles. The summed E-state index contributed by atoms with van der Waals surface area (Å²) in [6, 6.07) is 5.91. The van der Waals surface area contributed by atoms with Gasteiger partial charge in [-0.15, -0.1) is 0 Å². The molecule has 0 bridgehead atoms. The van der Waals surface area contributed by atoms with Crippen molar-refractivity contribution in [1.29, 1.82) is 0 Å². The van der Waals surface area contributed by atoms with Crippen LogP contribution in [0.2, 0.25) is 0 Å². The Balaban J connectivity index is 2.51. The lowest BCUT2D eigenvalue weighted by Gasteiger charge is -2.17. The summed E-state index contributed by atoms with van der Waals surface area (Å²) in [7, 11) is 0. The summed E-state index contributed by atoms with van der Waals surface area (Å²) in [6.07, 6.45) is 0.665. The highest BCUT2D eigenvalue weighted by atomic mass is 16.3. The van der Waals surface area contributed by atoms with E-state index in [-0.39, 0.29) is 12.4 Å². The molecule has 2 nitrogen and oxygen atoms in total. The zero-order valence-corrected chi connectivity index (χ0v) is 8.50. The van der Waals surface area contributed by atoms with Gasteiger partial charge in [-0.05, 0) is 31.9 Å². The van der Waals surface area contributed by atoms with Crippen molar-refractivity contribution in [2.75, 3.05) is 6.61 Å². The van der Waals surface area contributed by atoms with Crippen molar-refractivity contribution in [3.63, 3.8) is 0 Å². The van der Waals surface area contributed by atoms with E-state index in [1.54, 1.807) is 0 Å². The summed E-state index contributed by atoms with van der Waals surface area (Å²) in [5.41, 5.74) is 2.37. The standard InChI is InChI=1S/C12H14O2/c1-8-3-4-9-6-12(2,7-13)11(14)10(9)5-8/h3-5,13H,6-7H2,1-2H3/t12-/m1/s1. The van der Waals surface area contributed by atoms with Crippen molar-refractivity contribution < 1.29 is 9.90 Å². The molecule has 0 unspecified atom stereocenters. The molecule has 2 rings (SSSR count). The number of aliphatic hydroxyl groups excluding tert-OH is 1. The maximum Gasteiger partial charge on any atom is 0.171 e. The number of ketones is 1. The van der Waals surface area contributed by atoms with Gasteiger partial charge in [-0.2, -0.15) is 0 Å². The molecule has 1 aromatic carbocycles. The van der Waals surface area contributed by atoms with Crippen molar-refractivity contribution in [3.05, 3.63) is 34.9 Å². The van der Waals surface area contributed by atoms with Gasteiger partial charge in [-0.25, -0.2) is 0 Å². The summed E-state index contributed by atoms with van der Waals surface area (Å²) < 4.78 is 0. The molecule has 0 saturated heterocycles. The number of hydrogen-bond acceptors (Lipinski definition) is 2. The van der Waals surface area contributed by atoms with E-state index in [2.05, 4.69) is 0 Å². The first-order chi connectivity index (χ1) is 6.57. The molecule has 0 heterocycles. The van der Waals surface area contributed by atoms with Crippen LogP contribution in [0.5, 0.6) is 0 Å². The van der Waals surface area contributed by atoms with E-state index >= 15 is 0 Å². The topological polar surface area (TPSA) is 37.3 Å². The van der Waals surface area contributed by atoms with Gasteiger partial charge >= 0.3 is 0 Å². The number of carbonyl (C=O) groups excluding carboxylic acids is 1. The summed E-state index contributed by atoms with van der Waals surface area (Å²) in [4.78, 5) is 11.9. The lowest BCUT2D eigenvalue weighted by atomic mass is 9.87. The molecular weight excluding hydrogens is 176 g/mol. The molecule has 74 valence electrons. The van der Waals surface area contributed by atoms with Gasteiger partial charge in [0.25, 0.3) is 0 Å². The Morgan fingerprint density at radius 3 is 2.86 bits per heavy atom. The molecule has 0 aliphatic heterocycles. The summed E-state index contributed by atoms with van der Waals surface area (Å²) in [6.45, 7) is 3.73. The van der Waals surface area contributed by atoms with Crippen LogP contribution in [0.1, 0.15) is 28.4 Å². The number of aliphatic hydroxyl groups is 1. The normalized spacial score (nSPS) is 25.2. The first-order valence-electron chi connectivity index (χ1n) is 4.82. The summed E-state index contributed by atoms with van der Waals surface area (Å²) in [5, 5.41) is 9.22. The Kier molecular flexibility index (Phi) is 1.96. The number of rotatable bonds is 1. The van der Waals surface area contributed by atoms with Crippen LogP contribution in [-0.2, 0) is 6.42 Å². The van der Waals surface area contributed by atoms with Gasteiger partial charge in [0, 0.05) is 5.56 Å². The van der Waals surface area contributed by atoms with Gasteiger partial charge in [-0.1, -0.05) is 17.7 Å². The highest BCUT2D eigenvalue weighted by Crippen LogP contribution is 2.36. The van der Waals surface area contributed by atoms with Crippen LogP contribution in [0.15, 0.2) is 18.2 Å². The number of benzene rings is 1. The molecule has 1 atom stereocenters. The molecule has 14 heavy (non-hydrogen) atoms. The summed E-state index contributed by atoms with van der Waals surface area (Å²) >= 11 is 0. The second-order valence-electron chi connectivity index (χ2n) is 4.39. The van der Waals surface area contributed by atoms with Gasteiger partial charge in [0.05, 0.1) is 12.0 Å². The van der Waals surface area contributed by atoms with Crippen LogP contribution in [0.4, 0.5) is 0 Å². The molecule has 0 amide bonds. The monoisotopic (exact) mass is 190 g/mol. The largest absolute Gasteiger partial charge is 0.395 e. The van der Waals surface area contributed by atoms with E-state index in [1.165, 1.54) is 0 Å². The Labute approximate surface area is 83.6 Å². The predicted molar refractivity (Wildman–Crippen MR) is 54.4 cm³/mol. The Bertz CT molecular complexity index is 395. The zero-order valence-electron chi connectivity index (χ0n) is 8.50. The Hall–Kier alpha value is -1.15. The maximum atomic E-state index is 11.9. The van der Waals surface area contributed by atoms with Gasteiger partial charge in [-0.3, -0.25) is 4.79 Å². The number of carbonyl (C=O) groups is 1. The predicted octanol–water partition coefficient (Wildman–Crippen LogP) is 1.73. The lowest BCUT2D eigenvalue weighted by Crippen LogP contribution is -2.28. The number of fused-ring (bicyclic) bond motifs is 1. The lowest BCUT2D eigenvalue weighted by molar-refractivity contribution is 0.0722. The summed E-state index contributed by atoms with van der Waals surface area (Å²) in [5.74, 6) is 0.0821. The molecule has 0 spiro atoms. The van der Waals surface area contributed by atoms with Gasteiger partial charge in [0.15, 0.2) is 5.78 Å². The zero-order chi connectivity index (χ0) is 10.3. The fraction of sp³-hybridized carbons (Fsp3) is 0.417. The minimum Gasteiger partial charge on any atom is -0.395 e. The van der Waals surface area contributed by atoms with E-state index < -0.39 is 5.41 Å². The highest BCUT2D eigenvalue weighted by molar-refractivity contribution is 6.04. The van der Waals surface area contributed by atoms with Gasteiger partial charge in [0.1, 0.15) is 0 Å². The van der Waals surface area contributed by atoms with E-state index in [9.17, 15) is 9.90 Å². The minimum atomic E-state index is -0.587. The second-order valence-corrected chi connectivity index (χ2v) is 4.39. The molecule has 1 N–H and O–H groups in total. The van der Waals surface area contributed by atoms with E-state index in [0.717, 1.165) is 16.7 Å². The van der Waals surface area contributed by atoms with Crippen molar-refractivity contribution in [3.8, 4) is 0 Å². The van der Waals surface area contributed by atoms with Crippen LogP contribution in [0, 0.1) is 12.3 Å². The number of aryl methyl sites for hydroxylation is 1. The molecule has 0 radical (unpaired) electrons. The second kappa shape index (κ2) is 2.92. The van der Waals surface area contributed by atoms with Crippen LogP contribution in [-0.4, -0.2) is 17.5 Å². The number of Topliss-reactive ketones (excluding diaryl/α,β-unsaturated/α-hetero) is 1. The Morgan fingerprint density at radius 1 is 1.50 bits per heavy atom. The van der Waals surface area contributed by atoms with Crippen LogP contribution < -0.4 is 0 Å². The number of hydrogen-bond donors (Lipinski definition) is 1.